The smallest absolute Gasteiger partial charge is 0.287 e. The van der Waals surface area contributed by atoms with E-state index in [2.05, 4.69) is 20.8 Å². The van der Waals surface area contributed by atoms with Crippen molar-refractivity contribution in [1.82, 2.24) is 15.5 Å². The van der Waals surface area contributed by atoms with Crippen molar-refractivity contribution in [2.45, 2.75) is 26.3 Å². The molecule has 0 spiro atoms. The van der Waals surface area contributed by atoms with Crippen molar-refractivity contribution in [2.24, 2.45) is 5.92 Å². The summed E-state index contributed by atoms with van der Waals surface area (Å²) in [5.41, 5.74) is 0.698. The molecule has 28 heavy (non-hydrogen) atoms. The van der Waals surface area contributed by atoms with Crippen LogP contribution in [0.25, 0.3) is 10.6 Å². The number of hydrogen-bond acceptors (Lipinski definition) is 6. The number of anilines is 1. The van der Waals surface area contributed by atoms with E-state index in [0.717, 1.165) is 0 Å². The lowest BCUT2D eigenvalue weighted by Crippen LogP contribution is -2.47. The van der Waals surface area contributed by atoms with Gasteiger partial charge < -0.3 is 9.73 Å². The molecule has 0 bridgehead atoms. The van der Waals surface area contributed by atoms with Gasteiger partial charge in [-0.15, -0.1) is 10.2 Å². The maximum absolute atomic E-state index is 13.1. The van der Waals surface area contributed by atoms with E-state index in [1.807, 2.05) is 13.8 Å². The summed E-state index contributed by atoms with van der Waals surface area (Å²) in [6.45, 7) is 3.80. The van der Waals surface area contributed by atoms with Gasteiger partial charge >= 0.3 is 0 Å². The lowest BCUT2D eigenvalue weighted by atomic mass is 9.98. The summed E-state index contributed by atoms with van der Waals surface area (Å²) >= 11 is 1.17. The second-order valence-electron chi connectivity index (χ2n) is 6.22. The highest BCUT2D eigenvalue weighted by Crippen LogP contribution is 2.26. The molecule has 7 nitrogen and oxygen atoms in total. The zero-order valence-electron chi connectivity index (χ0n) is 15.3. The third-order valence-electron chi connectivity index (χ3n) is 4.27. The highest BCUT2D eigenvalue weighted by molar-refractivity contribution is 7.18. The Kier molecular flexibility index (Phi) is 6.15. The Morgan fingerprint density at radius 1 is 1.21 bits per heavy atom. The minimum atomic E-state index is -0.763. The molecule has 0 unspecified atom stereocenters. The van der Waals surface area contributed by atoms with Gasteiger partial charge in [-0.1, -0.05) is 31.6 Å². The van der Waals surface area contributed by atoms with Crippen LogP contribution in [0, 0.1) is 11.7 Å². The number of benzene rings is 1. The normalized spacial score (nSPS) is 13.0. The highest BCUT2D eigenvalue weighted by atomic mass is 32.1. The molecule has 146 valence electrons. The van der Waals surface area contributed by atoms with Gasteiger partial charge in [0.05, 0.1) is 6.26 Å². The third-order valence-corrected chi connectivity index (χ3v) is 5.16. The molecule has 0 aliphatic heterocycles. The number of amides is 2. The van der Waals surface area contributed by atoms with E-state index >= 15 is 0 Å². The Balaban J connectivity index is 1.71. The van der Waals surface area contributed by atoms with Crippen LogP contribution in [0.3, 0.4) is 0 Å². The van der Waals surface area contributed by atoms with Gasteiger partial charge in [0.2, 0.25) is 11.0 Å². The van der Waals surface area contributed by atoms with Gasteiger partial charge in [0.1, 0.15) is 16.9 Å². The number of rotatable bonds is 7. The zero-order valence-corrected chi connectivity index (χ0v) is 16.1. The molecule has 2 amide bonds. The minimum absolute atomic E-state index is 0.108. The zero-order chi connectivity index (χ0) is 20.1. The van der Waals surface area contributed by atoms with Crippen LogP contribution in [0.1, 0.15) is 30.8 Å². The Hall–Kier alpha value is -3.07. The fourth-order valence-corrected chi connectivity index (χ4v) is 3.24. The molecule has 0 aliphatic rings. The van der Waals surface area contributed by atoms with E-state index < -0.39 is 17.9 Å². The van der Waals surface area contributed by atoms with Crippen molar-refractivity contribution in [3.8, 4) is 10.6 Å². The number of halogens is 1. The van der Waals surface area contributed by atoms with E-state index in [1.54, 1.807) is 18.2 Å². The van der Waals surface area contributed by atoms with Gasteiger partial charge in [-0.25, -0.2) is 4.39 Å². The number of nitrogens with one attached hydrogen (secondary N) is 2. The van der Waals surface area contributed by atoms with E-state index in [1.165, 1.54) is 35.8 Å². The van der Waals surface area contributed by atoms with Crippen molar-refractivity contribution >= 4 is 28.3 Å². The number of carbonyl (C=O) groups is 2. The van der Waals surface area contributed by atoms with Gasteiger partial charge in [0.25, 0.3) is 5.91 Å². The van der Waals surface area contributed by atoms with Crippen LogP contribution >= 0.6 is 11.3 Å². The predicted octanol–water partition coefficient (Wildman–Crippen LogP) is 3.72. The molecule has 9 heteroatoms. The lowest BCUT2D eigenvalue weighted by Gasteiger charge is -2.22. The van der Waals surface area contributed by atoms with Gasteiger partial charge in [-0.05, 0) is 42.3 Å². The molecular formula is C19H19FN4O3S. The Morgan fingerprint density at radius 3 is 2.61 bits per heavy atom. The quantitative estimate of drug-likeness (QED) is 0.628. The number of furan rings is 1. The average molecular weight is 402 g/mol. The lowest BCUT2D eigenvalue weighted by molar-refractivity contribution is -0.119. The number of hydrogen-bond donors (Lipinski definition) is 2. The van der Waals surface area contributed by atoms with Crippen LogP contribution in [0.5, 0.6) is 0 Å². The van der Waals surface area contributed by atoms with Crippen molar-refractivity contribution in [1.29, 1.82) is 0 Å². The molecular weight excluding hydrogens is 383 g/mol. The fourth-order valence-electron chi connectivity index (χ4n) is 2.49. The van der Waals surface area contributed by atoms with E-state index in [9.17, 15) is 14.0 Å². The van der Waals surface area contributed by atoms with Gasteiger partial charge in [-0.2, -0.15) is 0 Å². The van der Waals surface area contributed by atoms with E-state index in [0.29, 0.717) is 22.1 Å². The minimum Gasteiger partial charge on any atom is -0.459 e. The largest absolute Gasteiger partial charge is 0.459 e. The summed E-state index contributed by atoms with van der Waals surface area (Å²) in [7, 11) is 0. The van der Waals surface area contributed by atoms with Crippen LogP contribution in [0.2, 0.25) is 0 Å². The van der Waals surface area contributed by atoms with Crippen molar-refractivity contribution < 1.29 is 18.4 Å². The molecule has 2 heterocycles. The molecule has 2 N–H and O–H groups in total. The SMILES string of the molecule is CC[C@@H](C)[C@@H](NC(=O)c1ccco1)C(=O)Nc1nnc(-c2ccc(F)cc2)s1. The maximum Gasteiger partial charge on any atom is 0.287 e. The standard InChI is InChI=1S/C19H19FN4O3S/c1-3-11(2)15(21-16(25)14-5-4-10-27-14)17(26)22-19-24-23-18(28-19)12-6-8-13(20)9-7-12/h4-11,15H,3H2,1-2H3,(H,21,25)(H,22,24,26)/t11-,15-/m1/s1. The van der Waals surface area contributed by atoms with Crippen molar-refractivity contribution in [3.05, 3.63) is 54.2 Å². The third kappa shape index (κ3) is 4.61. The first-order valence-electron chi connectivity index (χ1n) is 8.72. The van der Waals surface area contributed by atoms with Gasteiger partial charge in [0.15, 0.2) is 5.76 Å². The average Bonchev–Trinajstić information content (AvgIpc) is 3.38. The highest BCUT2D eigenvalue weighted by Gasteiger charge is 2.28. The molecule has 3 rings (SSSR count). The second-order valence-corrected chi connectivity index (χ2v) is 7.20. The monoisotopic (exact) mass is 402 g/mol. The molecule has 1 aromatic carbocycles. The molecule has 0 fully saturated rings. The first-order valence-corrected chi connectivity index (χ1v) is 9.54. The van der Waals surface area contributed by atoms with Crippen molar-refractivity contribution in [3.63, 3.8) is 0 Å². The Labute approximate surface area is 165 Å². The molecule has 2 aromatic heterocycles. The topological polar surface area (TPSA) is 97.1 Å². The summed E-state index contributed by atoms with van der Waals surface area (Å²) in [6, 6.07) is 8.21. The van der Waals surface area contributed by atoms with Gasteiger partial charge in [-0.3, -0.25) is 14.9 Å². The van der Waals surface area contributed by atoms with Crippen LogP contribution in [-0.2, 0) is 4.79 Å². The molecule has 0 radical (unpaired) electrons. The fraction of sp³-hybridized carbons (Fsp3) is 0.263. The van der Waals surface area contributed by atoms with Crippen molar-refractivity contribution in [2.75, 3.05) is 5.32 Å². The number of carbonyl (C=O) groups excluding carboxylic acids is 2. The summed E-state index contributed by atoms with van der Waals surface area (Å²) in [5.74, 6) is -1.17. The maximum atomic E-state index is 13.1. The number of nitrogens with zero attached hydrogens (tertiary/aromatic N) is 2. The summed E-state index contributed by atoms with van der Waals surface area (Å²) in [4.78, 5) is 25.0. The molecule has 3 aromatic rings. The summed E-state index contributed by atoms with van der Waals surface area (Å²) in [6.07, 6.45) is 2.08. The van der Waals surface area contributed by atoms with Crippen LogP contribution in [0.15, 0.2) is 47.1 Å². The molecule has 0 aliphatic carbocycles. The van der Waals surface area contributed by atoms with Crippen LogP contribution in [-0.4, -0.2) is 28.1 Å². The molecule has 2 atom stereocenters. The molecule has 0 saturated heterocycles. The van der Waals surface area contributed by atoms with E-state index in [-0.39, 0.29) is 17.5 Å². The predicted molar refractivity (Wildman–Crippen MR) is 103 cm³/mol. The summed E-state index contributed by atoms with van der Waals surface area (Å²) in [5, 5.41) is 14.2. The number of aromatic nitrogens is 2. The Morgan fingerprint density at radius 2 is 1.96 bits per heavy atom. The molecule has 0 saturated carbocycles. The first kappa shape index (κ1) is 19.7. The van der Waals surface area contributed by atoms with Crippen LogP contribution < -0.4 is 10.6 Å². The van der Waals surface area contributed by atoms with Crippen LogP contribution in [0.4, 0.5) is 9.52 Å². The second kappa shape index (κ2) is 8.75. The summed E-state index contributed by atoms with van der Waals surface area (Å²) < 4.78 is 18.1. The Bertz CT molecular complexity index is 941. The first-order chi connectivity index (χ1) is 13.5. The van der Waals surface area contributed by atoms with Gasteiger partial charge in [0, 0.05) is 5.56 Å². The van der Waals surface area contributed by atoms with E-state index in [4.69, 9.17) is 4.42 Å².